The third kappa shape index (κ3) is 3.88. The number of nitrogens with one attached hydrogen (secondary N) is 1. The Balaban J connectivity index is 1.73. The second-order valence-corrected chi connectivity index (χ2v) is 4.38. The molecule has 0 saturated heterocycles. The number of amides is 1. The van der Waals surface area contributed by atoms with E-state index in [1.165, 1.54) is 7.11 Å². The Morgan fingerprint density at radius 2 is 2.05 bits per heavy atom. The maximum Gasteiger partial charge on any atom is 0.306 e. The van der Waals surface area contributed by atoms with E-state index in [0.29, 0.717) is 24.7 Å². The van der Waals surface area contributed by atoms with Gasteiger partial charge in [-0.1, -0.05) is 12.1 Å². The van der Waals surface area contributed by atoms with Crippen molar-refractivity contribution in [3.63, 3.8) is 0 Å². The van der Waals surface area contributed by atoms with Crippen LogP contribution in [0.1, 0.15) is 12.8 Å². The summed E-state index contributed by atoms with van der Waals surface area (Å²) in [6, 6.07) is 7.39. The molecule has 20 heavy (non-hydrogen) atoms. The van der Waals surface area contributed by atoms with Gasteiger partial charge in [-0.25, -0.2) is 0 Å². The van der Waals surface area contributed by atoms with Gasteiger partial charge in [0.15, 0.2) is 11.5 Å². The summed E-state index contributed by atoms with van der Waals surface area (Å²) >= 11 is 0. The summed E-state index contributed by atoms with van der Waals surface area (Å²) in [4.78, 5) is 22.4. The smallest absolute Gasteiger partial charge is 0.306 e. The van der Waals surface area contributed by atoms with Crippen LogP contribution in [0.25, 0.3) is 0 Å². The summed E-state index contributed by atoms with van der Waals surface area (Å²) in [6.45, 7) is 0.725. The second kappa shape index (κ2) is 6.79. The minimum Gasteiger partial charge on any atom is -0.486 e. The third-order valence-corrected chi connectivity index (χ3v) is 2.88. The van der Waals surface area contributed by atoms with Gasteiger partial charge in [-0.05, 0) is 12.1 Å². The standard InChI is InChI=1S/C14H17NO5/c1-18-14(17)7-6-13(16)15-8-10-9-19-11-4-2-3-5-12(11)20-10/h2-5,10H,6-9H2,1H3,(H,15,16). The Labute approximate surface area is 117 Å². The number of ether oxygens (including phenoxy) is 3. The van der Waals surface area contributed by atoms with E-state index in [1.54, 1.807) is 0 Å². The summed E-state index contributed by atoms with van der Waals surface area (Å²) < 4.78 is 15.7. The van der Waals surface area contributed by atoms with Crippen LogP contribution in [0.3, 0.4) is 0 Å². The average Bonchev–Trinajstić information content (AvgIpc) is 2.50. The average molecular weight is 279 g/mol. The summed E-state index contributed by atoms with van der Waals surface area (Å²) in [5, 5.41) is 2.71. The van der Waals surface area contributed by atoms with Crippen molar-refractivity contribution in [3.8, 4) is 11.5 Å². The fraction of sp³-hybridized carbons (Fsp3) is 0.429. The zero-order valence-corrected chi connectivity index (χ0v) is 11.3. The molecule has 1 aromatic carbocycles. The predicted octanol–water partition coefficient (Wildman–Crippen LogP) is 0.896. The highest BCUT2D eigenvalue weighted by molar-refractivity contribution is 5.81. The van der Waals surface area contributed by atoms with E-state index < -0.39 is 5.97 Å². The zero-order chi connectivity index (χ0) is 14.4. The summed E-state index contributed by atoms with van der Waals surface area (Å²) in [5.74, 6) is 0.775. The third-order valence-electron chi connectivity index (χ3n) is 2.88. The van der Waals surface area contributed by atoms with Crippen molar-refractivity contribution >= 4 is 11.9 Å². The number of esters is 1. The summed E-state index contributed by atoms with van der Waals surface area (Å²) in [5.41, 5.74) is 0. The first-order valence-corrected chi connectivity index (χ1v) is 6.41. The molecule has 6 heteroatoms. The largest absolute Gasteiger partial charge is 0.486 e. The molecule has 0 bridgehead atoms. The van der Waals surface area contributed by atoms with E-state index in [9.17, 15) is 9.59 Å². The van der Waals surface area contributed by atoms with E-state index >= 15 is 0 Å². The van der Waals surface area contributed by atoms with Gasteiger partial charge in [0.2, 0.25) is 5.91 Å². The van der Waals surface area contributed by atoms with Crippen molar-refractivity contribution in [2.24, 2.45) is 0 Å². The lowest BCUT2D eigenvalue weighted by atomic mass is 10.2. The first-order chi connectivity index (χ1) is 9.69. The molecule has 2 rings (SSSR count). The van der Waals surface area contributed by atoms with Gasteiger partial charge in [-0.3, -0.25) is 9.59 Å². The Hall–Kier alpha value is -2.24. The molecule has 0 radical (unpaired) electrons. The molecular weight excluding hydrogens is 262 g/mol. The minimum atomic E-state index is -0.397. The number of rotatable bonds is 5. The van der Waals surface area contributed by atoms with Gasteiger partial charge in [0.1, 0.15) is 12.7 Å². The number of hydrogen-bond donors (Lipinski definition) is 1. The van der Waals surface area contributed by atoms with Crippen LogP contribution >= 0.6 is 0 Å². The Morgan fingerprint density at radius 1 is 1.30 bits per heavy atom. The van der Waals surface area contributed by atoms with Gasteiger partial charge < -0.3 is 19.5 Å². The van der Waals surface area contributed by atoms with Gasteiger partial charge in [-0.15, -0.1) is 0 Å². The van der Waals surface area contributed by atoms with Crippen LogP contribution in [0.15, 0.2) is 24.3 Å². The number of carbonyl (C=O) groups is 2. The van der Waals surface area contributed by atoms with Gasteiger partial charge in [0, 0.05) is 6.42 Å². The van der Waals surface area contributed by atoms with Crippen LogP contribution in [0.2, 0.25) is 0 Å². The van der Waals surface area contributed by atoms with Crippen LogP contribution in [-0.2, 0) is 14.3 Å². The lowest BCUT2D eigenvalue weighted by Crippen LogP contribution is -2.40. The first-order valence-electron chi connectivity index (χ1n) is 6.41. The van der Waals surface area contributed by atoms with Crippen molar-refractivity contribution in [1.29, 1.82) is 0 Å². The Morgan fingerprint density at radius 3 is 2.80 bits per heavy atom. The highest BCUT2D eigenvalue weighted by Crippen LogP contribution is 2.30. The lowest BCUT2D eigenvalue weighted by Gasteiger charge is -2.26. The fourth-order valence-electron chi connectivity index (χ4n) is 1.80. The van der Waals surface area contributed by atoms with Crippen molar-refractivity contribution in [2.75, 3.05) is 20.3 Å². The maximum absolute atomic E-state index is 11.5. The molecule has 1 atom stereocenters. The van der Waals surface area contributed by atoms with Crippen LogP contribution in [0.4, 0.5) is 0 Å². The molecule has 0 saturated carbocycles. The predicted molar refractivity (Wildman–Crippen MR) is 70.6 cm³/mol. The van der Waals surface area contributed by atoms with Gasteiger partial charge in [0.25, 0.3) is 0 Å². The first kappa shape index (κ1) is 14.2. The summed E-state index contributed by atoms with van der Waals surface area (Å²) in [6.07, 6.45) is -0.0451. The van der Waals surface area contributed by atoms with Crippen molar-refractivity contribution in [1.82, 2.24) is 5.32 Å². The molecule has 108 valence electrons. The van der Waals surface area contributed by atoms with E-state index in [-0.39, 0.29) is 24.9 Å². The summed E-state index contributed by atoms with van der Waals surface area (Å²) in [7, 11) is 1.30. The number of carbonyl (C=O) groups excluding carboxylic acids is 2. The van der Waals surface area contributed by atoms with Crippen LogP contribution in [-0.4, -0.2) is 38.2 Å². The number of fused-ring (bicyclic) bond motifs is 1. The minimum absolute atomic E-state index is 0.0766. The van der Waals surface area contributed by atoms with E-state index in [1.807, 2.05) is 24.3 Å². The monoisotopic (exact) mass is 279 g/mol. The molecule has 1 N–H and O–H groups in total. The van der Waals surface area contributed by atoms with Crippen molar-refractivity contribution < 1.29 is 23.8 Å². The van der Waals surface area contributed by atoms with E-state index in [0.717, 1.165) is 0 Å². The molecule has 0 fully saturated rings. The molecule has 0 aliphatic carbocycles. The molecule has 1 heterocycles. The quantitative estimate of drug-likeness (QED) is 0.810. The van der Waals surface area contributed by atoms with Crippen LogP contribution < -0.4 is 14.8 Å². The lowest BCUT2D eigenvalue weighted by molar-refractivity contribution is -0.142. The topological polar surface area (TPSA) is 73.9 Å². The number of para-hydroxylation sites is 2. The molecule has 1 unspecified atom stereocenters. The second-order valence-electron chi connectivity index (χ2n) is 4.38. The zero-order valence-electron chi connectivity index (χ0n) is 11.3. The molecule has 1 aromatic rings. The van der Waals surface area contributed by atoms with Crippen LogP contribution in [0, 0.1) is 0 Å². The molecule has 1 aliphatic heterocycles. The van der Waals surface area contributed by atoms with Gasteiger partial charge in [-0.2, -0.15) is 0 Å². The van der Waals surface area contributed by atoms with Crippen molar-refractivity contribution in [2.45, 2.75) is 18.9 Å². The molecule has 1 aliphatic rings. The molecular formula is C14H17NO5. The normalized spacial score (nSPS) is 16.4. The molecule has 0 aromatic heterocycles. The van der Waals surface area contributed by atoms with Gasteiger partial charge in [0.05, 0.1) is 20.1 Å². The SMILES string of the molecule is COC(=O)CCC(=O)NCC1COc2ccccc2O1. The molecule has 6 nitrogen and oxygen atoms in total. The van der Waals surface area contributed by atoms with Crippen molar-refractivity contribution in [3.05, 3.63) is 24.3 Å². The number of methoxy groups -OCH3 is 1. The Kier molecular flexibility index (Phi) is 4.81. The van der Waals surface area contributed by atoms with Crippen LogP contribution in [0.5, 0.6) is 11.5 Å². The maximum atomic E-state index is 11.5. The fourth-order valence-corrected chi connectivity index (χ4v) is 1.80. The molecule has 0 spiro atoms. The van der Waals surface area contributed by atoms with E-state index in [2.05, 4.69) is 10.1 Å². The number of benzene rings is 1. The molecule has 1 amide bonds. The number of hydrogen-bond acceptors (Lipinski definition) is 5. The Bertz CT molecular complexity index is 488. The van der Waals surface area contributed by atoms with Gasteiger partial charge >= 0.3 is 5.97 Å². The van der Waals surface area contributed by atoms with E-state index in [4.69, 9.17) is 9.47 Å². The highest BCUT2D eigenvalue weighted by atomic mass is 16.6. The highest BCUT2D eigenvalue weighted by Gasteiger charge is 2.21.